The van der Waals surface area contributed by atoms with Crippen LogP contribution in [0.4, 0.5) is 0 Å². The average Bonchev–Trinajstić information content (AvgIpc) is 3.04. The highest BCUT2D eigenvalue weighted by Crippen LogP contribution is 2.41. The molecule has 0 saturated heterocycles. The van der Waals surface area contributed by atoms with Gasteiger partial charge in [0.1, 0.15) is 6.29 Å². The second kappa shape index (κ2) is 3.95. The summed E-state index contributed by atoms with van der Waals surface area (Å²) in [5, 5.41) is 0. The van der Waals surface area contributed by atoms with E-state index >= 15 is 0 Å². The van der Waals surface area contributed by atoms with E-state index in [4.69, 9.17) is 0 Å². The molecule has 0 aromatic heterocycles. The van der Waals surface area contributed by atoms with E-state index in [1.165, 1.54) is 24.0 Å². The number of aldehydes is 1. The summed E-state index contributed by atoms with van der Waals surface area (Å²) >= 11 is 0. The molecular weight excluding hydrogens is 172 g/mol. The van der Waals surface area contributed by atoms with Crippen LogP contribution in [0.25, 0.3) is 0 Å². The number of carbonyl (C=O) groups is 1. The standard InChI is InChI=1S/C13H16O/c1-2-10-3-5-11(6-4-10)13(9-14)12-7-8-12/h3-6,9,12-13H,2,7-8H2,1H3. The van der Waals surface area contributed by atoms with Crippen LogP contribution in [0.2, 0.25) is 0 Å². The predicted molar refractivity (Wildman–Crippen MR) is 57.3 cm³/mol. The molecule has 1 aliphatic carbocycles. The second-order valence-corrected chi connectivity index (χ2v) is 4.09. The van der Waals surface area contributed by atoms with Crippen LogP contribution >= 0.6 is 0 Å². The zero-order chi connectivity index (χ0) is 9.97. The first-order chi connectivity index (χ1) is 6.85. The van der Waals surface area contributed by atoms with Crippen molar-refractivity contribution in [2.45, 2.75) is 32.1 Å². The Bertz CT molecular complexity index is 309. The van der Waals surface area contributed by atoms with E-state index in [2.05, 4.69) is 31.2 Å². The van der Waals surface area contributed by atoms with Gasteiger partial charge in [-0.15, -0.1) is 0 Å². The van der Waals surface area contributed by atoms with Gasteiger partial charge < -0.3 is 4.79 Å². The topological polar surface area (TPSA) is 17.1 Å². The third-order valence-electron chi connectivity index (χ3n) is 3.05. The molecule has 1 unspecified atom stereocenters. The molecule has 0 amide bonds. The molecule has 1 atom stereocenters. The van der Waals surface area contributed by atoms with E-state index in [0.29, 0.717) is 5.92 Å². The van der Waals surface area contributed by atoms with E-state index in [1.54, 1.807) is 0 Å². The Balaban J connectivity index is 2.17. The van der Waals surface area contributed by atoms with Gasteiger partial charge in [0.25, 0.3) is 0 Å². The fourth-order valence-electron chi connectivity index (χ4n) is 1.89. The van der Waals surface area contributed by atoms with Crippen LogP contribution in [-0.2, 0) is 11.2 Å². The largest absolute Gasteiger partial charge is 0.303 e. The molecule has 2 rings (SSSR count). The van der Waals surface area contributed by atoms with Crippen LogP contribution in [0.3, 0.4) is 0 Å². The first-order valence-electron chi connectivity index (χ1n) is 5.39. The smallest absolute Gasteiger partial charge is 0.127 e. The van der Waals surface area contributed by atoms with Crippen molar-refractivity contribution in [2.75, 3.05) is 0 Å². The minimum absolute atomic E-state index is 0.154. The summed E-state index contributed by atoms with van der Waals surface area (Å²) in [5.74, 6) is 0.779. The fraction of sp³-hybridized carbons (Fsp3) is 0.462. The normalized spacial score (nSPS) is 17.8. The Labute approximate surface area is 85.1 Å². The molecule has 1 aliphatic rings. The first-order valence-corrected chi connectivity index (χ1v) is 5.39. The van der Waals surface area contributed by atoms with Crippen molar-refractivity contribution in [3.63, 3.8) is 0 Å². The Morgan fingerprint density at radius 2 is 2.00 bits per heavy atom. The van der Waals surface area contributed by atoms with Gasteiger partial charge in [-0.2, -0.15) is 0 Å². The summed E-state index contributed by atoms with van der Waals surface area (Å²) in [4.78, 5) is 10.9. The van der Waals surface area contributed by atoms with Crippen LogP contribution in [0.15, 0.2) is 24.3 Å². The fourth-order valence-corrected chi connectivity index (χ4v) is 1.89. The predicted octanol–water partition coefficient (Wildman–Crippen LogP) is 2.94. The van der Waals surface area contributed by atoms with Crippen LogP contribution in [0.1, 0.15) is 36.8 Å². The van der Waals surface area contributed by atoms with Crippen molar-refractivity contribution in [2.24, 2.45) is 5.92 Å². The van der Waals surface area contributed by atoms with Crippen molar-refractivity contribution in [3.8, 4) is 0 Å². The summed E-state index contributed by atoms with van der Waals surface area (Å²) in [6.07, 6.45) is 4.62. The summed E-state index contributed by atoms with van der Waals surface area (Å²) in [7, 11) is 0. The first kappa shape index (κ1) is 9.45. The Kier molecular flexibility index (Phi) is 2.67. The molecule has 1 nitrogen and oxygen atoms in total. The SMILES string of the molecule is CCc1ccc(C(C=O)C2CC2)cc1. The summed E-state index contributed by atoms with van der Waals surface area (Å²) < 4.78 is 0. The monoisotopic (exact) mass is 188 g/mol. The number of benzene rings is 1. The summed E-state index contributed by atoms with van der Waals surface area (Å²) in [6, 6.07) is 8.48. The maximum absolute atomic E-state index is 10.9. The molecule has 1 heteroatoms. The van der Waals surface area contributed by atoms with Crippen LogP contribution in [0, 0.1) is 5.92 Å². The maximum atomic E-state index is 10.9. The molecule has 0 N–H and O–H groups in total. The molecule has 0 bridgehead atoms. The molecule has 0 aliphatic heterocycles. The van der Waals surface area contributed by atoms with Crippen LogP contribution < -0.4 is 0 Å². The lowest BCUT2D eigenvalue weighted by Crippen LogP contribution is -2.02. The van der Waals surface area contributed by atoms with Gasteiger partial charge in [0.15, 0.2) is 0 Å². The van der Waals surface area contributed by atoms with Gasteiger partial charge >= 0.3 is 0 Å². The van der Waals surface area contributed by atoms with Gasteiger partial charge in [-0.1, -0.05) is 31.2 Å². The minimum atomic E-state index is 0.154. The van der Waals surface area contributed by atoms with E-state index in [-0.39, 0.29) is 5.92 Å². The maximum Gasteiger partial charge on any atom is 0.127 e. The van der Waals surface area contributed by atoms with Gasteiger partial charge in [-0.25, -0.2) is 0 Å². The average molecular weight is 188 g/mol. The van der Waals surface area contributed by atoms with E-state index in [1.807, 2.05) is 0 Å². The molecule has 0 radical (unpaired) electrons. The van der Waals surface area contributed by atoms with Crippen LogP contribution in [-0.4, -0.2) is 6.29 Å². The Morgan fingerprint density at radius 1 is 1.36 bits per heavy atom. The Morgan fingerprint density at radius 3 is 2.43 bits per heavy atom. The van der Waals surface area contributed by atoms with Gasteiger partial charge in [-0.3, -0.25) is 0 Å². The second-order valence-electron chi connectivity index (χ2n) is 4.09. The lowest BCUT2D eigenvalue weighted by molar-refractivity contribution is -0.109. The molecule has 0 heterocycles. The number of carbonyl (C=O) groups excluding carboxylic acids is 1. The molecule has 1 aromatic carbocycles. The van der Waals surface area contributed by atoms with E-state index in [0.717, 1.165) is 12.7 Å². The quantitative estimate of drug-likeness (QED) is 0.664. The highest BCUT2D eigenvalue weighted by Gasteiger charge is 2.31. The molecule has 14 heavy (non-hydrogen) atoms. The third-order valence-corrected chi connectivity index (χ3v) is 3.05. The third kappa shape index (κ3) is 1.87. The van der Waals surface area contributed by atoms with E-state index < -0.39 is 0 Å². The lowest BCUT2D eigenvalue weighted by atomic mass is 9.95. The number of hydrogen-bond donors (Lipinski definition) is 0. The summed E-state index contributed by atoms with van der Waals surface area (Å²) in [5.41, 5.74) is 2.54. The highest BCUT2D eigenvalue weighted by atomic mass is 16.1. The van der Waals surface area contributed by atoms with Gasteiger partial charge in [0, 0.05) is 5.92 Å². The van der Waals surface area contributed by atoms with E-state index in [9.17, 15) is 4.79 Å². The molecular formula is C13H16O. The van der Waals surface area contributed by atoms with Gasteiger partial charge in [-0.05, 0) is 36.3 Å². The zero-order valence-corrected chi connectivity index (χ0v) is 8.57. The molecule has 1 saturated carbocycles. The van der Waals surface area contributed by atoms with Gasteiger partial charge in [0.05, 0.1) is 0 Å². The lowest BCUT2D eigenvalue weighted by Gasteiger charge is -2.09. The molecule has 1 aromatic rings. The van der Waals surface area contributed by atoms with Gasteiger partial charge in [0.2, 0.25) is 0 Å². The van der Waals surface area contributed by atoms with Crippen molar-refractivity contribution in [1.82, 2.24) is 0 Å². The van der Waals surface area contributed by atoms with Crippen molar-refractivity contribution in [1.29, 1.82) is 0 Å². The minimum Gasteiger partial charge on any atom is -0.303 e. The number of aryl methyl sites for hydroxylation is 1. The number of rotatable bonds is 4. The summed E-state index contributed by atoms with van der Waals surface area (Å²) in [6.45, 7) is 2.15. The highest BCUT2D eigenvalue weighted by molar-refractivity contribution is 5.63. The molecule has 0 spiro atoms. The molecule has 74 valence electrons. The molecule has 1 fully saturated rings. The van der Waals surface area contributed by atoms with Crippen LogP contribution in [0.5, 0.6) is 0 Å². The zero-order valence-electron chi connectivity index (χ0n) is 8.57. The Hall–Kier alpha value is -1.11. The van der Waals surface area contributed by atoms with Crippen molar-refractivity contribution < 1.29 is 4.79 Å². The number of hydrogen-bond acceptors (Lipinski definition) is 1. The van der Waals surface area contributed by atoms with Crippen molar-refractivity contribution >= 4 is 6.29 Å². The van der Waals surface area contributed by atoms with Crippen molar-refractivity contribution in [3.05, 3.63) is 35.4 Å².